The maximum atomic E-state index is 10.8. The number of hydrogen-bond donors (Lipinski definition) is 0. The third kappa shape index (κ3) is 1.36. The zero-order valence-corrected chi connectivity index (χ0v) is 6.55. The summed E-state index contributed by atoms with van der Waals surface area (Å²) in [5, 5.41) is 0.517. The molecule has 0 aromatic carbocycles. The van der Waals surface area contributed by atoms with Crippen LogP contribution in [-0.4, -0.2) is 20.8 Å². The van der Waals surface area contributed by atoms with Crippen LogP contribution in [0.25, 0.3) is 0 Å². The molecule has 54 valence electrons. The van der Waals surface area contributed by atoms with E-state index in [2.05, 4.69) is 9.97 Å². The minimum absolute atomic E-state index is 0.264. The molecule has 0 spiro atoms. The smallest absolute Gasteiger partial charge is 0.286 e. The molecule has 1 heterocycles. The first-order valence-electron chi connectivity index (χ1n) is 2.67. The van der Waals surface area contributed by atoms with Gasteiger partial charge in [-0.2, -0.15) is 4.98 Å². The Morgan fingerprint density at radius 3 is 2.90 bits per heavy atom. The SMILES string of the molecule is CSc1ncn(C)c(=O)n1. The molecule has 0 atom stereocenters. The van der Waals surface area contributed by atoms with E-state index < -0.39 is 0 Å². The minimum Gasteiger partial charge on any atom is -0.286 e. The molecule has 5 heteroatoms. The average Bonchev–Trinajstić information content (AvgIpc) is 1.95. The average molecular weight is 157 g/mol. The molecule has 1 rings (SSSR count). The van der Waals surface area contributed by atoms with Gasteiger partial charge in [-0.25, -0.2) is 9.78 Å². The summed E-state index contributed by atoms with van der Waals surface area (Å²) in [5.41, 5.74) is -0.264. The van der Waals surface area contributed by atoms with E-state index in [9.17, 15) is 4.79 Å². The van der Waals surface area contributed by atoms with Gasteiger partial charge < -0.3 is 0 Å². The molecule has 0 bridgehead atoms. The van der Waals surface area contributed by atoms with Gasteiger partial charge in [0.1, 0.15) is 6.33 Å². The second-order valence-electron chi connectivity index (χ2n) is 1.74. The third-order valence-corrected chi connectivity index (χ3v) is 1.58. The molecule has 0 unspecified atom stereocenters. The monoisotopic (exact) mass is 157 g/mol. The van der Waals surface area contributed by atoms with Crippen LogP contribution >= 0.6 is 11.8 Å². The van der Waals surface area contributed by atoms with Crippen molar-refractivity contribution in [3.05, 3.63) is 16.8 Å². The molecule has 0 saturated carbocycles. The fraction of sp³-hybridized carbons (Fsp3) is 0.400. The summed E-state index contributed by atoms with van der Waals surface area (Å²) in [6.45, 7) is 0. The van der Waals surface area contributed by atoms with E-state index in [1.54, 1.807) is 7.05 Å². The van der Waals surface area contributed by atoms with Gasteiger partial charge in [0.15, 0.2) is 5.16 Å². The van der Waals surface area contributed by atoms with E-state index in [0.717, 1.165) is 0 Å². The fourth-order valence-electron chi connectivity index (χ4n) is 0.473. The summed E-state index contributed by atoms with van der Waals surface area (Å²) in [4.78, 5) is 18.3. The largest absolute Gasteiger partial charge is 0.350 e. The van der Waals surface area contributed by atoms with Gasteiger partial charge in [0, 0.05) is 7.05 Å². The highest BCUT2D eigenvalue weighted by Gasteiger charge is 1.94. The molecule has 10 heavy (non-hydrogen) atoms. The van der Waals surface area contributed by atoms with Crippen molar-refractivity contribution in [2.75, 3.05) is 6.26 Å². The first kappa shape index (κ1) is 7.27. The van der Waals surface area contributed by atoms with Crippen LogP contribution in [0, 0.1) is 0 Å². The zero-order chi connectivity index (χ0) is 7.56. The lowest BCUT2D eigenvalue weighted by atomic mass is 10.9. The molecule has 0 fully saturated rings. The van der Waals surface area contributed by atoms with Gasteiger partial charge in [-0.05, 0) is 6.26 Å². The molecule has 0 radical (unpaired) electrons. The quantitative estimate of drug-likeness (QED) is 0.534. The Morgan fingerprint density at radius 1 is 1.70 bits per heavy atom. The summed E-state index contributed by atoms with van der Waals surface area (Å²) in [5.74, 6) is 0. The minimum atomic E-state index is -0.264. The Labute approximate surface area is 62.3 Å². The first-order chi connectivity index (χ1) is 4.74. The number of aryl methyl sites for hydroxylation is 1. The van der Waals surface area contributed by atoms with Crippen LogP contribution in [-0.2, 0) is 7.05 Å². The lowest BCUT2D eigenvalue weighted by Gasteiger charge is -1.94. The summed E-state index contributed by atoms with van der Waals surface area (Å²) in [7, 11) is 1.62. The van der Waals surface area contributed by atoms with Crippen molar-refractivity contribution in [3.8, 4) is 0 Å². The number of thioether (sulfide) groups is 1. The van der Waals surface area contributed by atoms with Gasteiger partial charge in [0.05, 0.1) is 0 Å². The highest BCUT2D eigenvalue weighted by molar-refractivity contribution is 7.98. The van der Waals surface area contributed by atoms with Gasteiger partial charge in [-0.3, -0.25) is 4.57 Å². The van der Waals surface area contributed by atoms with E-state index in [1.165, 1.54) is 22.7 Å². The van der Waals surface area contributed by atoms with E-state index in [1.807, 2.05) is 6.26 Å². The number of aromatic nitrogens is 3. The van der Waals surface area contributed by atoms with Crippen molar-refractivity contribution >= 4 is 11.8 Å². The molecule has 0 aliphatic heterocycles. The lowest BCUT2D eigenvalue weighted by Crippen LogP contribution is -2.20. The topological polar surface area (TPSA) is 47.8 Å². The Kier molecular flexibility index (Phi) is 2.06. The lowest BCUT2D eigenvalue weighted by molar-refractivity contribution is 0.721. The van der Waals surface area contributed by atoms with E-state index in [0.29, 0.717) is 5.16 Å². The van der Waals surface area contributed by atoms with Crippen molar-refractivity contribution in [1.29, 1.82) is 0 Å². The van der Waals surface area contributed by atoms with Crippen molar-refractivity contribution in [2.24, 2.45) is 7.05 Å². The summed E-state index contributed by atoms with van der Waals surface area (Å²) >= 11 is 1.36. The summed E-state index contributed by atoms with van der Waals surface area (Å²) in [6.07, 6.45) is 3.29. The Hall–Kier alpha value is -0.840. The standard InChI is InChI=1S/C5H7N3OS/c1-8-3-6-4(10-2)7-5(8)9/h3H,1-2H3. The fourth-order valence-corrected chi connectivity index (χ4v) is 0.795. The second-order valence-corrected chi connectivity index (χ2v) is 2.51. The summed E-state index contributed by atoms with van der Waals surface area (Å²) < 4.78 is 1.33. The molecule has 1 aromatic heterocycles. The molecular weight excluding hydrogens is 150 g/mol. The highest BCUT2D eigenvalue weighted by Crippen LogP contribution is 2.01. The third-order valence-electron chi connectivity index (χ3n) is 1.02. The zero-order valence-electron chi connectivity index (χ0n) is 5.74. The molecule has 0 saturated heterocycles. The van der Waals surface area contributed by atoms with Crippen LogP contribution < -0.4 is 5.69 Å². The molecule has 0 aliphatic rings. The van der Waals surface area contributed by atoms with Gasteiger partial charge in [-0.1, -0.05) is 11.8 Å². The van der Waals surface area contributed by atoms with E-state index in [4.69, 9.17) is 0 Å². The highest BCUT2D eigenvalue weighted by atomic mass is 32.2. The predicted octanol–water partition coefficient (Wildman–Crippen LogP) is -0.103. The Balaban J connectivity index is 3.17. The van der Waals surface area contributed by atoms with Gasteiger partial charge in [-0.15, -0.1) is 0 Å². The normalized spacial score (nSPS) is 9.80. The van der Waals surface area contributed by atoms with Crippen LogP contribution in [0.4, 0.5) is 0 Å². The first-order valence-corrected chi connectivity index (χ1v) is 3.90. The predicted molar refractivity (Wildman–Crippen MR) is 39.1 cm³/mol. The molecule has 0 N–H and O–H groups in total. The second kappa shape index (κ2) is 2.83. The van der Waals surface area contributed by atoms with Crippen molar-refractivity contribution in [1.82, 2.24) is 14.5 Å². The molecule has 0 aliphatic carbocycles. The van der Waals surface area contributed by atoms with Gasteiger partial charge in [0.25, 0.3) is 0 Å². The maximum Gasteiger partial charge on any atom is 0.350 e. The van der Waals surface area contributed by atoms with Crippen LogP contribution in [0.15, 0.2) is 16.3 Å². The summed E-state index contributed by atoms with van der Waals surface area (Å²) in [6, 6.07) is 0. The van der Waals surface area contributed by atoms with Crippen LogP contribution in [0.5, 0.6) is 0 Å². The Morgan fingerprint density at radius 2 is 2.40 bits per heavy atom. The molecule has 1 aromatic rings. The van der Waals surface area contributed by atoms with Crippen LogP contribution in [0.2, 0.25) is 0 Å². The van der Waals surface area contributed by atoms with Crippen molar-refractivity contribution in [3.63, 3.8) is 0 Å². The molecule has 4 nitrogen and oxygen atoms in total. The number of nitrogens with zero attached hydrogens (tertiary/aromatic N) is 3. The van der Waals surface area contributed by atoms with E-state index >= 15 is 0 Å². The van der Waals surface area contributed by atoms with Crippen LogP contribution in [0.3, 0.4) is 0 Å². The van der Waals surface area contributed by atoms with Gasteiger partial charge in [0.2, 0.25) is 0 Å². The maximum absolute atomic E-state index is 10.8. The molecular formula is C5H7N3OS. The van der Waals surface area contributed by atoms with Crippen molar-refractivity contribution in [2.45, 2.75) is 5.16 Å². The van der Waals surface area contributed by atoms with Crippen LogP contribution in [0.1, 0.15) is 0 Å². The van der Waals surface area contributed by atoms with Gasteiger partial charge >= 0.3 is 5.69 Å². The van der Waals surface area contributed by atoms with Crippen molar-refractivity contribution < 1.29 is 0 Å². The Bertz CT molecular complexity index is 282. The number of hydrogen-bond acceptors (Lipinski definition) is 4. The number of rotatable bonds is 1. The van der Waals surface area contributed by atoms with E-state index in [-0.39, 0.29) is 5.69 Å². The molecule has 0 amide bonds.